The molecule has 27 heavy (non-hydrogen) atoms. The topological polar surface area (TPSA) is 67.9 Å². The lowest BCUT2D eigenvalue weighted by molar-refractivity contribution is -0.126. The monoisotopic (exact) mass is 376 g/mol. The van der Waals surface area contributed by atoms with Crippen LogP contribution < -0.4 is 19.7 Å². The van der Waals surface area contributed by atoms with Gasteiger partial charge in [-0.3, -0.25) is 9.59 Å². The Morgan fingerprint density at radius 3 is 2.70 bits per heavy atom. The molecule has 0 saturated carbocycles. The van der Waals surface area contributed by atoms with Crippen molar-refractivity contribution in [3.05, 3.63) is 18.2 Å². The Morgan fingerprint density at radius 2 is 2.04 bits per heavy atom. The van der Waals surface area contributed by atoms with Gasteiger partial charge in [0.15, 0.2) is 0 Å². The van der Waals surface area contributed by atoms with Crippen LogP contribution in [0.4, 0.5) is 5.69 Å². The quantitative estimate of drug-likeness (QED) is 0.634. The largest absolute Gasteiger partial charge is 0.497 e. The molecule has 150 valence electrons. The molecule has 1 saturated heterocycles. The number of carbonyl (C=O) groups excluding carboxylic acids is 2. The van der Waals surface area contributed by atoms with Crippen molar-refractivity contribution in [3.8, 4) is 11.5 Å². The highest BCUT2D eigenvalue weighted by molar-refractivity contribution is 6.01. The number of amides is 2. The molecule has 2 amide bonds. The van der Waals surface area contributed by atoms with E-state index in [1.165, 1.54) is 19.3 Å². The van der Waals surface area contributed by atoms with Gasteiger partial charge < -0.3 is 19.7 Å². The second-order valence-corrected chi connectivity index (χ2v) is 7.20. The maximum Gasteiger partial charge on any atom is 0.227 e. The lowest BCUT2D eigenvalue weighted by Gasteiger charge is -2.21. The Labute approximate surface area is 162 Å². The molecule has 1 aliphatic rings. The van der Waals surface area contributed by atoms with Crippen molar-refractivity contribution in [3.63, 3.8) is 0 Å². The molecule has 1 fully saturated rings. The van der Waals surface area contributed by atoms with E-state index >= 15 is 0 Å². The Balaban J connectivity index is 1.95. The van der Waals surface area contributed by atoms with E-state index in [1.807, 2.05) is 6.92 Å². The number of benzene rings is 1. The summed E-state index contributed by atoms with van der Waals surface area (Å²) in [6.45, 7) is 4.59. The van der Waals surface area contributed by atoms with Crippen molar-refractivity contribution >= 4 is 17.5 Å². The summed E-state index contributed by atoms with van der Waals surface area (Å²) < 4.78 is 10.6. The van der Waals surface area contributed by atoms with Crippen LogP contribution in [0.1, 0.15) is 52.4 Å². The average molecular weight is 376 g/mol. The Bertz CT molecular complexity index is 647. The van der Waals surface area contributed by atoms with Gasteiger partial charge in [-0.2, -0.15) is 0 Å². The van der Waals surface area contributed by atoms with Crippen molar-refractivity contribution in [1.82, 2.24) is 5.32 Å². The third kappa shape index (κ3) is 5.62. The predicted molar refractivity (Wildman–Crippen MR) is 106 cm³/mol. The van der Waals surface area contributed by atoms with E-state index in [-0.39, 0.29) is 30.2 Å². The van der Waals surface area contributed by atoms with Gasteiger partial charge in [0.2, 0.25) is 11.8 Å². The number of unbranched alkanes of at least 4 members (excludes halogenated alkanes) is 3. The number of rotatable bonds is 10. The zero-order valence-corrected chi connectivity index (χ0v) is 16.9. The summed E-state index contributed by atoms with van der Waals surface area (Å²) >= 11 is 0. The van der Waals surface area contributed by atoms with Gasteiger partial charge in [-0.15, -0.1) is 0 Å². The number of hydrogen-bond acceptors (Lipinski definition) is 4. The summed E-state index contributed by atoms with van der Waals surface area (Å²) in [5, 5.41) is 3.07. The van der Waals surface area contributed by atoms with Crippen molar-refractivity contribution in [2.45, 2.75) is 58.4 Å². The van der Waals surface area contributed by atoms with E-state index in [0.717, 1.165) is 12.8 Å². The molecule has 2 atom stereocenters. The third-order valence-corrected chi connectivity index (χ3v) is 5.05. The maximum absolute atomic E-state index is 12.6. The molecular weight excluding hydrogens is 344 g/mol. The minimum atomic E-state index is -0.331. The first-order valence-electron chi connectivity index (χ1n) is 9.82. The van der Waals surface area contributed by atoms with Gasteiger partial charge in [-0.05, 0) is 25.5 Å². The van der Waals surface area contributed by atoms with Crippen molar-refractivity contribution in [2.75, 3.05) is 25.7 Å². The Morgan fingerprint density at radius 1 is 1.26 bits per heavy atom. The summed E-state index contributed by atoms with van der Waals surface area (Å²) in [6, 6.07) is 5.46. The molecule has 0 radical (unpaired) electrons. The molecular formula is C21H32N2O4. The molecule has 1 aliphatic heterocycles. The normalized spacial score (nSPS) is 17.7. The molecule has 1 N–H and O–H groups in total. The average Bonchev–Trinajstić information content (AvgIpc) is 3.06. The van der Waals surface area contributed by atoms with Crippen LogP contribution in [0.3, 0.4) is 0 Å². The first-order valence-corrected chi connectivity index (χ1v) is 9.82. The molecule has 1 aromatic rings. The SMILES string of the molecule is CCCCCC[C@@H](C)NC(=O)[C@@H]1CC(=O)N(c2ccc(OC)cc2OC)C1. The molecule has 0 aromatic heterocycles. The Hall–Kier alpha value is -2.24. The van der Waals surface area contributed by atoms with Gasteiger partial charge in [0.05, 0.1) is 25.8 Å². The number of carbonyl (C=O) groups is 2. The highest BCUT2D eigenvalue weighted by Crippen LogP contribution is 2.35. The third-order valence-electron chi connectivity index (χ3n) is 5.05. The number of methoxy groups -OCH3 is 2. The van der Waals surface area contributed by atoms with Crippen LogP contribution >= 0.6 is 0 Å². The predicted octanol–water partition coefficient (Wildman–Crippen LogP) is 3.53. The van der Waals surface area contributed by atoms with E-state index in [4.69, 9.17) is 9.47 Å². The highest BCUT2D eigenvalue weighted by Gasteiger charge is 2.36. The fraction of sp³-hybridized carbons (Fsp3) is 0.619. The zero-order chi connectivity index (χ0) is 19.8. The molecule has 2 rings (SSSR count). The Kier molecular flexibility index (Phi) is 7.95. The summed E-state index contributed by atoms with van der Waals surface area (Å²) in [5.74, 6) is 0.791. The fourth-order valence-corrected chi connectivity index (χ4v) is 3.43. The van der Waals surface area contributed by atoms with Gasteiger partial charge in [0.25, 0.3) is 0 Å². The van der Waals surface area contributed by atoms with E-state index < -0.39 is 0 Å². The fourth-order valence-electron chi connectivity index (χ4n) is 3.43. The summed E-state index contributed by atoms with van der Waals surface area (Å²) in [4.78, 5) is 26.7. The van der Waals surface area contributed by atoms with Crippen LogP contribution in [-0.4, -0.2) is 38.6 Å². The van der Waals surface area contributed by atoms with Crippen molar-refractivity contribution < 1.29 is 19.1 Å². The molecule has 0 bridgehead atoms. The number of hydrogen-bond donors (Lipinski definition) is 1. The summed E-state index contributed by atoms with van der Waals surface area (Å²) in [7, 11) is 3.14. The van der Waals surface area contributed by atoms with E-state index in [2.05, 4.69) is 12.2 Å². The van der Waals surface area contributed by atoms with E-state index in [1.54, 1.807) is 37.3 Å². The van der Waals surface area contributed by atoms with Gasteiger partial charge >= 0.3 is 0 Å². The van der Waals surface area contributed by atoms with Crippen LogP contribution in [0.2, 0.25) is 0 Å². The number of anilines is 1. The van der Waals surface area contributed by atoms with E-state index in [9.17, 15) is 9.59 Å². The van der Waals surface area contributed by atoms with Crippen LogP contribution in [0.15, 0.2) is 18.2 Å². The smallest absolute Gasteiger partial charge is 0.227 e. The highest BCUT2D eigenvalue weighted by atomic mass is 16.5. The second-order valence-electron chi connectivity index (χ2n) is 7.20. The first kappa shape index (κ1) is 21.1. The second kappa shape index (κ2) is 10.2. The van der Waals surface area contributed by atoms with Crippen LogP contribution in [0.5, 0.6) is 11.5 Å². The number of nitrogens with one attached hydrogen (secondary N) is 1. The number of nitrogens with zero attached hydrogens (tertiary/aromatic N) is 1. The van der Waals surface area contributed by atoms with Gasteiger partial charge in [0.1, 0.15) is 11.5 Å². The standard InChI is InChI=1S/C21H32N2O4/c1-5-6-7-8-9-15(2)22-21(25)16-12-20(24)23(14-16)18-11-10-17(26-3)13-19(18)27-4/h10-11,13,15-16H,5-9,12,14H2,1-4H3,(H,22,25)/t15-,16-/m1/s1. The van der Waals surface area contributed by atoms with Gasteiger partial charge in [-0.1, -0.05) is 32.6 Å². The molecule has 1 aromatic carbocycles. The van der Waals surface area contributed by atoms with Crippen LogP contribution in [-0.2, 0) is 9.59 Å². The van der Waals surface area contributed by atoms with Gasteiger partial charge in [-0.25, -0.2) is 0 Å². The van der Waals surface area contributed by atoms with Crippen molar-refractivity contribution in [2.24, 2.45) is 5.92 Å². The summed E-state index contributed by atoms with van der Waals surface area (Å²) in [5.41, 5.74) is 0.672. The van der Waals surface area contributed by atoms with Crippen LogP contribution in [0, 0.1) is 5.92 Å². The minimum Gasteiger partial charge on any atom is -0.497 e. The van der Waals surface area contributed by atoms with E-state index in [0.29, 0.717) is 23.7 Å². The molecule has 0 spiro atoms. The molecule has 1 heterocycles. The maximum atomic E-state index is 12.6. The number of ether oxygens (including phenoxy) is 2. The summed E-state index contributed by atoms with van der Waals surface area (Å²) in [6.07, 6.45) is 5.95. The molecule has 0 unspecified atom stereocenters. The molecule has 0 aliphatic carbocycles. The lowest BCUT2D eigenvalue weighted by atomic mass is 10.1. The first-order chi connectivity index (χ1) is 13.0. The molecule has 6 heteroatoms. The zero-order valence-electron chi connectivity index (χ0n) is 16.9. The van der Waals surface area contributed by atoms with Crippen molar-refractivity contribution in [1.29, 1.82) is 0 Å². The van der Waals surface area contributed by atoms with Gasteiger partial charge in [0, 0.05) is 25.1 Å². The molecule has 6 nitrogen and oxygen atoms in total. The van der Waals surface area contributed by atoms with Crippen LogP contribution in [0.25, 0.3) is 0 Å². The minimum absolute atomic E-state index is 0.0404. The lowest BCUT2D eigenvalue weighted by Crippen LogP contribution is -2.38.